The molecule has 0 saturated carbocycles. The molecule has 0 aliphatic rings. The van der Waals surface area contributed by atoms with Gasteiger partial charge in [-0.1, -0.05) is 32.9 Å². The van der Waals surface area contributed by atoms with Crippen LogP contribution in [0.1, 0.15) is 36.7 Å². The first-order valence-electron chi connectivity index (χ1n) is 7.93. The summed E-state index contributed by atoms with van der Waals surface area (Å²) >= 11 is 0. The molecule has 0 aromatic heterocycles. The van der Waals surface area contributed by atoms with E-state index in [4.69, 9.17) is 14.2 Å². The Bertz CT molecular complexity index is 669. The van der Waals surface area contributed by atoms with Crippen LogP contribution in [0.4, 0.5) is 0 Å². The van der Waals surface area contributed by atoms with Gasteiger partial charge in [0.25, 0.3) is 0 Å². The maximum atomic E-state index is 10.8. The summed E-state index contributed by atoms with van der Waals surface area (Å²) in [7, 11) is 1.55. The molecule has 0 aliphatic carbocycles. The third-order valence-electron chi connectivity index (χ3n) is 3.65. The number of ether oxygens (including phenoxy) is 3. The van der Waals surface area contributed by atoms with Gasteiger partial charge >= 0.3 is 0 Å². The summed E-state index contributed by atoms with van der Waals surface area (Å²) < 4.78 is 16.6. The highest BCUT2D eigenvalue weighted by molar-refractivity contribution is 5.76. The van der Waals surface area contributed by atoms with Gasteiger partial charge in [-0.05, 0) is 41.3 Å². The molecule has 128 valence electrons. The minimum Gasteiger partial charge on any atom is -0.493 e. The van der Waals surface area contributed by atoms with Crippen LogP contribution < -0.4 is 14.2 Å². The van der Waals surface area contributed by atoms with Gasteiger partial charge in [0.05, 0.1) is 7.11 Å². The van der Waals surface area contributed by atoms with Crippen LogP contribution in [0.2, 0.25) is 0 Å². The van der Waals surface area contributed by atoms with Gasteiger partial charge in [-0.25, -0.2) is 0 Å². The number of carbonyl (C=O) groups excluding carboxylic acids is 1. The van der Waals surface area contributed by atoms with E-state index in [1.54, 1.807) is 25.3 Å². The van der Waals surface area contributed by atoms with E-state index in [2.05, 4.69) is 32.9 Å². The molecule has 0 aliphatic heterocycles. The van der Waals surface area contributed by atoms with E-state index < -0.39 is 0 Å². The summed E-state index contributed by atoms with van der Waals surface area (Å²) in [4.78, 5) is 10.8. The molecule has 24 heavy (non-hydrogen) atoms. The smallest absolute Gasteiger partial charge is 0.161 e. The van der Waals surface area contributed by atoms with E-state index in [0.29, 0.717) is 30.3 Å². The Morgan fingerprint density at radius 3 is 2.17 bits per heavy atom. The van der Waals surface area contributed by atoms with Crippen LogP contribution >= 0.6 is 0 Å². The van der Waals surface area contributed by atoms with Gasteiger partial charge in [-0.2, -0.15) is 0 Å². The fourth-order valence-corrected chi connectivity index (χ4v) is 2.24. The molecule has 0 saturated heterocycles. The van der Waals surface area contributed by atoms with Crippen LogP contribution in [0, 0.1) is 0 Å². The van der Waals surface area contributed by atoms with E-state index in [1.807, 2.05) is 12.1 Å². The van der Waals surface area contributed by atoms with Crippen molar-refractivity contribution in [3.8, 4) is 17.2 Å². The fourth-order valence-electron chi connectivity index (χ4n) is 2.24. The van der Waals surface area contributed by atoms with Gasteiger partial charge in [-0.3, -0.25) is 4.79 Å². The molecule has 0 atom stereocenters. The van der Waals surface area contributed by atoms with Crippen molar-refractivity contribution in [2.75, 3.05) is 20.3 Å². The highest BCUT2D eigenvalue weighted by Crippen LogP contribution is 2.27. The summed E-state index contributed by atoms with van der Waals surface area (Å²) in [5.74, 6) is 1.94. The molecule has 0 spiro atoms. The number of carbonyl (C=O) groups is 1. The molecular formula is C20H24O4. The van der Waals surface area contributed by atoms with E-state index in [1.165, 1.54) is 5.56 Å². The van der Waals surface area contributed by atoms with E-state index in [9.17, 15) is 4.79 Å². The molecular weight excluding hydrogens is 304 g/mol. The van der Waals surface area contributed by atoms with Crippen molar-refractivity contribution >= 4 is 6.29 Å². The minimum absolute atomic E-state index is 0.131. The van der Waals surface area contributed by atoms with Crippen LogP contribution in [0.25, 0.3) is 0 Å². The topological polar surface area (TPSA) is 44.8 Å². The number of methoxy groups -OCH3 is 1. The van der Waals surface area contributed by atoms with Crippen LogP contribution in [0.15, 0.2) is 42.5 Å². The van der Waals surface area contributed by atoms with Crippen molar-refractivity contribution in [3.63, 3.8) is 0 Å². The first-order chi connectivity index (χ1) is 11.4. The van der Waals surface area contributed by atoms with E-state index in [-0.39, 0.29) is 5.41 Å². The van der Waals surface area contributed by atoms with Crippen LogP contribution in [-0.2, 0) is 5.41 Å². The third kappa shape index (κ3) is 4.75. The van der Waals surface area contributed by atoms with Gasteiger partial charge in [0.15, 0.2) is 11.5 Å². The van der Waals surface area contributed by atoms with Crippen molar-refractivity contribution < 1.29 is 19.0 Å². The number of hydrogen-bond acceptors (Lipinski definition) is 4. The Morgan fingerprint density at radius 2 is 1.58 bits per heavy atom. The Balaban J connectivity index is 1.86. The second-order valence-electron chi connectivity index (χ2n) is 6.50. The number of aldehydes is 1. The van der Waals surface area contributed by atoms with E-state index >= 15 is 0 Å². The van der Waals surface area contributed by atoms with Crippen molar-refractivity contribution in [1.29, 1.82) is 0 Å². The zero-order valence-electron chi connectivity index (χ0n) is 14.7. The molecule has 0 radical (unpaired) electrons. The maximum Gasteiger partial charge on any atom is 0.161 e. The zero-order chi connectivity index (χ0) is 17.6. The number of hydrogen-bond donors (Lipinski definition) is 0. The lowest BCUT2D eigenvalue weighted by atomic mass is 9.87. The second kappa shape index (κ2) is 7.86. The van der Waals surface area contributed by atoms with Crippen molar-refractivity contribution in [3.05, 3.63) is 53.6 Å². The molecule has 0 heterocycles. The van der Waals surface area contributed by atoms with Gasteiger partial charge in [0.2, 0.25) is 0 Å². The molecule has 2 rings (SSSR count). The average molecular weight is 328 g/mol. The normalized spacial score (nSPS) is 11.0. The predicted molar refractivity (Wildman–Crippen MR) is 94.5 cm³/mol. The molecule has 0 bridgehead atoms. The number of rotatable bonds is 7. The summed E-state index contributed by atoms with van der Waals surface area (Å²) in [6.07, 6.45) is 0.774. The third-order valence-corrected chi connectivity index (χ3v) is 3.65. The van der Waals surface area contributed by atoms with Crippen molar-refractivity contribution in [1.82, 2.24) is 0 Å². The Labute approximate surface area is 143 Å². The lowest BCUT2D eigenvalue weighted by molar-refractivity contribution is 0.112. The lowest BCUT2D eigenvalue weighted by Crippen LogP contribution is -2.12. The molecule has 4 heteroatoms. The maximum absolute atomic E-state index is 10.8. The molecule has 4 nitrogen and oxygen atoms in total. The standard InChI is InChI=1S/C20H24O4/c1-20(2,3)16-6-8-17(9-7-16)23-11-12-24-18-10-5-15(14-21)13-19(18)22-4/h5-10,13-14H,11-12H2,1-4H3. The van der Waals surface area contributed by atoms with Gasteiger partial charge in [-0.15, -0.1) is 0 Å². The summed E-state index contributed by atoms with van der Waals surface area (Å²) in [6, 6.07) is 13.2. The number of benzene rings is 2. The monoisotopic (exact) mass is 328 g/mol. The first kappa shape index (κ1) is 17.9. The lowest BCUT2D eigenvalue weighted by Gasteiger charge is -2.19. The predicted octanol–water partition coefficient (Wildman–Crippen LogP) is 4.26. The van der Waals surface area contributed by atoms with Crippen LogP contribution in [-0.4, -0.2) is 26.6 Å². The molecule has 2 aromatic carbocycles. The molecule has 0 N–H and O–H groups in total. The van der Waals surface area contributed by atoms with Gasteiger partial charge in [0, 0.05) is 5.56 Å². The second-order valence-corrected chi connectivity index (χ2v) is 6.50. The molecule has 0 fully saturated rings. The van der Waals surface area contributed by atoms with Crippen molar-refractivity contribution in [2.24, 2.45) is 0 Å². The zero-order valence-corrected chi connectivity index (χ0v) is 14.7. The average Bonchev–Trinajstić information content (AvgIpc) is 2.58. The van der Waals surface area contributed by atoms with Crippen LogP contribution in [0.3, 0.4) is 0 Å². The van der Waals surface area contributed by atoms with Gasteiger partial charge in [0.1, 0.15) is 25.2 Å². The minimum atomic E-state index is 0.131. The SMILES string of the molecule is COc1cc(C=O)ccc1OCCOc1ccc(C(C)(C)C)cc1. The summed E-state index contributed by atoms with van der Waals surface area (Å²) in [5, 5.41) is 0. The molecule has 0 amide bonds. The van der Waals surface area contributed by atoms with Crippen molar-refractivity contribution in [2.45, 2.75) is 26.2 Å². The Kier molecular flexibility index (Phi) is 5.85. The quantitative estimate of drug-likeness (QED) is 0.562. The largest absolute Gasteiger partial charge is 0.493 e. The van der Waals surface area contributed by atoms with Gasteiger partial charge < -0.3 is 14.2 Å². The fraction of sp³-hybridized carbons (Fsp3) is 0.350. The molecule has 2 aromatic rings. The Hall–Kier alpha value is -2.49. The summed E-state index contributed by atoms with van der Waals surface area (Å²) in [6.45, 7) is 7.35. The highest BCUT2D eigenvalue weighted by atomic mass is 16.5. The first-order valence-corrected chi connectivity index (χ1v) is 7.93. The van der Waals surface area contributed by atoms with Crippen LogP contribution in [0.5, 0.6) is 17.2 Å². The summed E-state index contributed by atoms with van der Waals surface area (Å²) in [5.41, 5.74) is 1.95. The Morgan fingerprint density at radius 1 is 0.917 bits per heavy atom. The molecule has 0 unspecified atom stereocenters. The highest BCUT2D eigenvalue weighted by Gasteiger charge is 2.13. The van der Waals surface area contributed by atoms with E-state index in [0.717, 1.165) is 12.0 Å².